The first-order valence-corrected chi connectivity index (χ1v) is 11.1. The summed E-state index contributed by atoms with van der Waals surface area (Å²) in [5.74, 6) is 5.80. The molecule has 1 saturated heterocycles. The third-order valence-electron chi connectivity index (χ3n) is 4.59. The smallest absolute Gasteiger partial charge is 0.131 e. The zero-order valence-corrected chi connectivity index (χ0v) is 17.5. The van der Waals surface area contributed by atoms with Crippen LogP contribution in [0.3, 0.4) is 0 Å². The van der Waals surface area contributed by atoms with E-state index in [2.05, 4.69) is 33.6 Å². The van der Waals surface area contributed by atoms with Crippen molar-refractivity contribution in [2.24, 2.45) is 5.73 Å². The second-order valence-electron chi connectivity index (χ2n) is 6.50. The molecule has 3 aromatic rings. The molecule has 4 heterocycles. The van der Waals surface area contributed by atoms with Crippen LogP contribution in [0.25, 0.3) is 10.2 Å². The number of aromatic nitrogens is 1. The van der Waals surface area contributed by atoms with E-state index in [0.29, 0.717) is 18.3 Å². The van der Waals surface area contributed by atoms with Gasteiger partial charge in [-0.05, 0) is 24.3 Å². The van der Waals surface area contributed by atoms with Crippen LogP contribution in [0, 0.1) is 11.8 Å². The summed E-state index contributed by atoms with van der Waals surface area (Å²) in [7, 11) is 0. The van der Waals surface area contributed by atoms with Crippen molar-refractivity contribution in [1.82, 2.24) is 4.98 Å². The lowest BCUT2D eigenvalue weighted by atomic mass is 9.99. The van der Waals surface area contributed by atoms with E-state index in [1.807, 2.05) is 12.1 Å². The van der Waals surface area contributed by atoms with Crippen molar-refractivity contribution in [3.63, 3.8) is 0 Å². The molecule has 0 unspecified atom stereocenters. The molecule has 4 rings (SSSR count). The first-order valence-electron chi connectivity index (χ1n) is 9.03. The molecule has 1 aliphatic rings. The van der Waals surface area contributed by atoms with E-state index in [-0.39, 0.29) is 18.8 Å². The van der Waals surface area contributed by atoms with Crippen molar-refractivity contribution in [2.75, 3.05) is 18.5 Å². The third kappa shape index (κ3) is 4.03. The van der Waals surface area contributed by atoms with E-state index < -0.39 is 0 Å². The molecule has 0 saturated carbocycles. The SMILES string of the molecule is N[C@@H]1CCCO[C@H]1c1sc2c(NCc3cccs3)cc(Cl)nc2c1C#CCO. The Morgan fingerprint density at radius 1 is 1.46 bits per heavy atom. The number of fused-ring (bicyclic) bond motifs is 1. The maximum Gasteiger partial charge on any atom is 0.131 e. The lowest BCUT2D eigenvalue weighted by Crippen LogP contribution is -2.34. The molecule has 0 amide bonds. The van der Waals surface area contributed by atoms with E-state index in [0.717, 1.165) is 39.2 Å². The van der Waals surface area contributed by atoms with Gasteiger partial charge < -0.3 is 20.9 Å². The number of pyridine rings is 1. The first kappa shape index (κ1) is 19.6. The van der Waals surface area contributed by atoms with Crippen molar-refractivity contribution in [3.05, 3.63) is 44.1 Å². The summed E-state index contributed by atoms with van der Waals surface area (Å²) in [6, 6.07) is 5.87. The number of nitrogens with zero attached hydrogens (tertiary/aromatic N) is 1. The van der Waals surface area contributed by atoms with Gasteiger partial charge in [0.15, 0.2) is 0 Å². The monoisotopic (exact) mass is 433 g/mol. The minimum atomic E-state index is -0.224. The van der Waals surface area contributed by atoms with Gasteiger partial charge in [0.1, 0.15) is 23.4 Å². The normalized spacial score (nSPS) is 19.4. The molecule has 8 heteroatoms. The fourth-order valence-electron chi connectivity index (χ4n) is 3.30. The molecule has 0 aliphatic carbocycles. The highest BCUT2D eigenvalue weighted by Crippen LogP contribution is 2.42. The molecule has 0 radical (unpaired) electrons. The van der Waals surface area contributed by atoms with Crippen LogP contribution in [-0.2, 0) is 11.3 Å². The van der Waals surface area contributed by atoms with Crippen LogP contribution in [-0.4, -0.2) is 29.3 Å². The van der Waals surface area contributed by atoms with Gasteiger partial charge in [0.2, 0.25) is 0 Å². The highest BCUT2D eigenvalue weighted by Gasteiger charge is 2.30. The summed E-state index contributed by atoms with van der Waals surface area (Å²) < 4.78 is 6.96. The van der Waals surface area contributed by atoms with Crippen LogP contribution in [0.4, 0.5) is 5.69 Å². The highest BCUT2D eigenvalue weighted by atomic mass is 35.5. The Kier molecular flexibility index (Phi) is 6.16. The van der Waals surface area contributed by atoms with Gasteiger partial charge in [0, 0.05) is 30.1 Å². The molecule has 1 aliphatic heterocycles. The van der Waals surface area contributed by atoms with Crippen LogP contribution < -0.4 is 11.1 Å². The van der Waals surface area contributed by atoms with Gasteiger partial charge in [0.05, 0.1) is 20.8 Å². The van der Waals surface area contributed by atoms with Crippen LogP contribution in [0.2, 0.25) is 5.15 Å². The maximum atomic E-state index is 9.21. The highest BCUT2D eigenvalue weighted by molar-refractivity contribution is 7.20. The number of halogens is 1. The fraction of sp³-hybridized carbons (Fsp3) is 0.350. The van der Waals surface area contributed by atoms with E-state index in [4.69, 9.17) is 22.1 Å². The zero-order valence-electron chi connectivity index (χ0n) is 15.1. The number of aliphatic hydroxyl groups is 1. The number of nitrogens with one attached hydrogen (secondary N) is 1. The minimum absolute atomic E-state index is 0.0884. The van der Waals surface area contributed by atoms with Crippen molar-refractivity contribution in [2.45, 2.75) is 31.5 Å². The largest absolute Gasteiger partial charge is 0.384 e. The van der Waals surface area contributed by atoms with E-state index in [1.54, 1.807) is 22.7 Å². The van der Waals surface area contributed by atoms with Crippen molar-refractivity contribution in [3.8, 4) is 11.8 Å². The Bertz CT molecular complexity index is 1020. The standard InChI is InChI=1S/C20H20ClN3O2S2/c21-16-10-15(23-11-12-4-3-9-27-12)20-17(24-16)13(5-1-7-25)19(28-20)18-14(22)6-2-8-26-18/h3-4,9-10,14,18,25H,2,6-8,11,22H2,(H,23,24)/t14-,18-/m1/s1. The molecule has 4 N–H and O–H groups in total. The lowest BCUT2D eigenvalue weighted by Gasteiger charge is -2.28. The molecule has 146 valence electrons. The van der Waals surface area contributed by atoms with Gasteiger partial charge in [-0.3, -0.25) is 0 Å². The molecule has 5 nitrogen and oxygen atoms in total. The number of ether oxygens (including phenoxy) is 1. The molecule has 0 aromatic carbocycles. The Morgan fingerprint density at radius 2 is 2.36 bits per heavy atom. The van der Waals surface area contributed by atoms with Gasteiger partial charge in [-0.2, -0.15) is 0 Å². The lowest BCUT2D eigenvalue weighted by molar-refractivity contribution is 0.00226. The van der Waals surface area contributed by atoms with Gasteiger partial charge in [0.25, 0.3) is 0 Å². The second kappa shape index (κ2) is 8.78. The maximum absolute atomic E-state index is 9.21. The second-order valence-corrected chi connectivity index (χ2v) is 8.97. The van der Waals surface area contributed by atoms with Crippen molar-refractivity contribution >= 4 is 50.2 Å². The topological polar surface area (TPSA) is 80.4 Å². The van der Waals surface area contributed by atoms with Crippen LogP contribution in [0.15, 0.2) is 23.6 Å². The number of hydrogen-bond acceptors (Lipinski definition) is 7. The van der Waals surface area contributed by atoms with Gasteiger partial charge >= 0.3 is 0 Å². The van der Waals surface area contributed by atoms with Crippen molar-refractivity contribution < 1.29 is 9.84 Å². The number of thiophene rings is 2. The Hall–Kier alpha value is -1.66. The van der Waals surface area contributed by atoms with Crippen molar-refractivity contribution in [1.29, 1.82) is 0 Å². The van der Waals surface area contributed by atoms with E-state index >= 15 is 0 Å². The van der Waals surface area contributed by atoms with Crippen LogP contribution in [0.1, 0.15) is 34.3 Å². The van der Waals surface area contributed by atoms with Gasteiger partial charge in [-0.25, -0.2) is 4.98 Å². The average molecular weight is 434 g/mol. The summed E-state index contributed by atoms with van der Waals surface area (Å²) in [5, 5.41) is 15.1. The predicted octanol–water partition coefficient (Wildman–Crippen LogP) is 4.15. The van der Waals surface area contributed by atoms with E-state index in [9.17, 15) is 5.11 Å². The van der Waals surface area contributed by atoms with Crippen LogP contribution in [0.5, 0.6) is 0 Å². The van der Waals surface area contributed by atoms with Crippen LogP contribution >= 0.6 is 34.3 Å². The Balaban J connectivity index is 1.80. The summed E-state index contributed by atoms with van der Waals surface area (Å²) in [6.07, 6.45) is 1.64. The summed E-state index contributed by atoms with van der Waals surface area (Å²) in [4.78, 5) is 6.72. The average Bonchev–Trinajstić information content (AvgIpc) is 3.33. The third-order valence-corrected chi connectivity index (χ3v) is 6.93. The fourth-order valence-corrected chi connectivity index (χ4v) is 5.46. The summed E-state index contributed by atoms with van der Waals surface area (Å²) in [6.45, 7) is 1.16. The van der Waals surface area contributed by atoms with Gasteiger partial charge in [-0.15, -0.1) is 22.7 Å². The Morgan fingerprint density at radius 3 is 3.11 bits per heavy atom. The minimum Gasteiger partial charge on any atom is -0.384 e. The molecular weight excluding hydrogens is 414 g/mol. The zero-order chi connectivity index (χ0) is 19.5. The molecule has 28 heavy (non-hydrogen) atoms. The summed E-state index contributed by atoms with van der Waals surface area (Å²) in [5.41, 5.74) is 8.73. The summed E-state index contributed by atoms with van der Waals surface area (Å²) >= 11 is 9.60. The quantitative estimate of drug-likeness (QED) is 0.425. The predicted molar refractivity (Wildman–Crippen MR) is 116 cm³/mol. The number of hydrogen-bond donors (Lipinski definition) is 3. The first-order chi connectivity index (χ1) is 13.7. The molecular formula is C20H20ClN3O2S2. The number of rotatable bonds is 4. The molecule has 3 aromatic heterocycles. The molecule has 1 fully saturated rings. The van der Waals surface area contributed by atoms with E-state index in [1.165, 1.54) is 4.88 Å². The number of nitrogens with two attached hydrogens (primary N) is 1. The molecule has 0 bridgehead atoms. The Labute approximate surface area is 176 Å². The number of aliphatic hydroxyl groups excluding tert-OH is 1. The molecule has 2 atom stereocenters. The number of anilines is 1. The molecule has 0 spiro atoms. The van der Waals surface area contributed by atoms with Gasteiger partial charge in [-0.1, -0.05) is 29.5 Å².